The number of carboxylic acids is 2. The van der Waals surface area contributed by atoms with E-state index in [0.717, 1.165) is 0 Å². The Kier molecular flexibility index (Phi) is 1.72. The Balaban J connectivity index is 2.67. The highest BCUT2D eigenvalue weighted by molar-refractivity contribution is 5.79. The maximum Gasteiger partial charge on any atom is 0.320 e. The Hall–Kier alpha value is -1.10. The molecule has 2 unspecified atom stereocenters. The summed E-state index contributed by atoms with van der Waals surface area (Å²) in [6, 6.07) is -1.93. The lowest BCUT2D eigenvalue weighted by atomic mass is 10.2. The molecule has 1 aliphatic heterocycles. The van der Waals surface area contributed by atoms with Gasteiger partial charge in [0.2, 0.25) is 0 Å². The van der Waals surface area contributed by atoms with Gasteiger partial charge in [0.05, 0.1) is 0 Å². The van der Waals surface area contributed by atoms with E-state index in [0.29, 0.717) is 5.31 Å². The summed E-state index contributed by atoms with van der Waals surface area (Å²) < 4.78 is 7.18. The lowest BCUT2D eigenvalue weighted by Crippen LogP contribution is -2.39. The van der Waals surface area contributed by atoms with Crippen molar-refractivity contribution in [1.29, 1.82) is 0 Å². The van der Waals surface area contributed by atoms with Crippen molar-refractivity contribution in [2.24, 2.45) is 0 Å². The van der Waals surface area contributed by atoms with Crippen LogP contribution in [0.1, 0.15) is 12.8 Å². The van der Waals surface area contributed by atoms with E-state index in [-0.39, 0.29) is 12.8 Å². The number of carboxylic acid groups (broad SMARTS) is 2. The van der Waals surface area contributed by atoms with Gasteiger partial charge in [-0.15, -0.1) is 0 Å². The second-order valence-corrected chi connectivity index (χ2v) is 2.43. The molecule has 5 nitrogen and oxygen atoms in total. The summed E-state index contributed by atoms with van der Waals surface area (Å²) in [5.74, 6) is -2.26. The van der Waals surface area contributed by atoms with Crippen molar-refractivity contribution in [3.63, 3.8) is 0 Å². The summed E-state index contributed by atoms with van der Waals surface area (Å²) in [5, 5.41) is 17.7. The van der Waals surface area contributed by atoms with Gasteiger partial charge in [-0.2, -0.15) is 0 Å². The first kappa shape index (κ1) is 6.60. The van der Waals surface area contributed by atoms with E-state index in [1.807, 2.05) is 0 Å². The fraction of sp³-hybridized carbons (Fsp3) is 0.667. The number of hydrogen-bond donors (Lipinski definition) is 3. The molecule has 0 radical (unpaired) electrons. The quantitative estimate of drug-likeness (QED) is 0.496. The van der Waals surface area contributed by atoms with Gasteiger partial charge in [0, 0.05) is 0 Å². The monoisotopic (exact) mass is 160 g/mol. The molecule has 0 aliphatic carbocycles. The van der Waals surface area contributed by atoms with Crippen molar-refractivity contribution in [2.75, 3.05) is 0 Å². The number of aliphatic carboxylic acids is 2. The normalized spacial score (nSPS) is 33.3. The minimum absolute atomic E-state index is 0.232. The van der Waals surface area contributed by atoms with E-state index >= 15 is 0 Å². The highest BCUT2D eigenvalue weighted by Gasteiger charge is 2.32. The summed E-state index contributed by atoms with van der Waals surface area (Å²) in [6.07, 6.45) is 0.464. The largest absolute Gasteiger partial charge is 0.480 e. The molecule has 0 aromatic heterocycles. The van der Waals surface area contributed by atoms with Gasteiger partial charge in [-0.3, -0.25) is 14.9 Å². The molecule has 1 heterocycles. The van der Waals surface area contributed by atoms with Gasteiger partial charge in [0.1, 0.15) is 13.5 Å². The number of nitrogens with one attached hydrogen (secondary N) is 1. The molecule has 1 saturated heterocycles. The maximum absolute atomic E-state index is 10.4. The Labute approximate surface area is 64.5 Å². The van der Waals surface area contributed by atoms with Crippen LogP contribution in [0.25, 0.3) is 0 Å². The molecule has 0 aromatic carbocycles. The Morgan fingerprint density at radius 3 is 1.82 bits per heavy atom. The average Bonchev–Trinajstić information content (AvgIpc) is 2.30. The maximum atomic E-state index is 10.4. The van der Waals surface area contributed by atoms with Crippen LogP contribution in [-0.4, -0.2) is 34.2 Å². The lowest BCUT2D eigenvalue weighted by Gasteiger charge is -2.05. The van der Waals surface area contributed by atoms with E-state index in [9.17, 15) is 9.59 Å². The van der Waals surface area contributed by atoms with Crippen LogP contribution in [0.4, 0.5) is 0 Å². The van der Waals surface area contributed by atoms with E-state index in [1.165, 1.54) is 0 Å². The molecule has 2 atom stereocenters. The molecule has 0 saturated carbocycles. The highest BCUT2D eigenvalue weighted by Crippen LogP contribution is 2.12. The molecule has 0 spiro atoms. The molecule has 5 heteroatoms. The number of hydrogen-bond acceptors (Lipinski definition) is 3. The topological polar surface area (TPSA) is 86.6 Å². The zero-order valence-electron chi connectivity index (χ0n) is 6.73. The zero-order chi connectivity index (χ0) is 9.30. The number of rotatable bonds is 2. The third kappa shape index (κ3) is 1.68. The fourth-order valence-electron chi connectivity index (χ4n) is 1.06. The van der Waals surface area contributed by atoms with Crippen LogP contribution < -0.4 is 5.31 Å². The Bertz CT molecular complexity index is 198. The fourth-order valence-corrected chi connectivity index (χ4v) is 1.06. The summed E-state index contributed by atoms with van der Waals surface area (Å²) in [6.45, 7) is 0. The summed E-state index contributed by atoms with van der Waals surface area (Å²) in [4.78, 5) is 20.9. The van der Waals surface area contributed by atoms with Gasteiger partial charge >= 0.3 is 11.9 Å². The van der Waals surface area contributed by atoms with Gasteiger partial charge in [-0.25, -0.2) is 0 Å². The standard InChI is InChI=1S/C6H9NO4/c8-5(9)3-1-2-4(7-3)6(10)11/h3-4,7H,1-2H2,(H,8,9)(H,10,11)/i/hD. The van der Waals surface area contributed by atoms with Crippen LogP contribution in [0, 0.1) is 0 Å². The molecule has 0 amide bonds. The second-order valence-electron chi connectivity index (χ2n) is 2.43. The molecule has 1 rings (SSSR count). The first-order valence-corrected chi connectivity index (χ1v) is 3.27. The van der Waals surface area contributed by atoms with Crippen LogP contribution in [0.2, 0.25) is 1.41 Å². The van der Waals surface area contributed by atoms with Gasteiger partial charge in [0.15, 0.2) is 0 Å². The lowest BCUT2D eigenvalue weighted by molar-refractivity contribution is -0.140. The molecule has 62 valence electrons. The van der Waals surface area contributed by atoms with E-state index < -0.39 is 24.0 Å². The molecule has 0 aromatic rings. The zero-order valence-corrected chi connectivity index (χ0v) is 5.73. The van der Waals surface area contributed by atoms with Gasteiger partial charge in [-0.1, -0.05) is 0 Å². The second kappa shape index (κ2) is 2.87. The van der Waals surface area contributed by atoms with E-state index in [1.54, 1.807) is 0 Å². The third-order valence-corrected chi connectivity index (χ3v) is 1.64. The van der Waals surface area contributed by atoms with Crippen molar-refractivity contribution >= 4 is 11.9 Å². The Morgan fingerprint density at radius 1 is 1.27 bits per heavy atom. The third-order valence-electron chi connectivity index (χ3n) is 1.64. The minimum Gasteiger partial charge on any atom is -0.480 e. The molecule has 1 fully saturated rings. The van der Waals surface area contributed by atoms with Gasteiger partial charge < -0.3 is 10.2 Å². The summed E-state index contributed by atoms with van der Waals surface area (Å²) in [5.41, 5.74) is 0. The van der Waals surface area contributed by atoms with Crippen molar-refractivity contribution in [2.45, 2.75) is 24.9 Å². The number of carbonyl (C=O) groups is 2. The van der Waals surface area contributed by atoms with E-state index in [2.05, 4.69) is 0 Å². The van der Waals surface area contributed by atoms with Crippen LogP contribution in [0.5, 0.6) is 0 Å². The van der Waals surface area contributed by atoms with Crippen LogP contribution in [0.15, 0.2) is 0 Å². The Morgan fingerprint density at radius 2 is 1.64 bits per heavy atom. The van der Waals surface area contributed by atoms with Crippen molar-refractivity contribution in [3.05, 3.63) is 0 Å². The molecule has 0 bridgehead atoms. The van der Waals surface area contributed by atoms with Gasteiger partial charge in [0.25, 0.3) is 0 Å². The first-order chi connectivity index (χ1) is 5.54. The smallest absolute Gasteiger partial charge is 0.320 e. The van der Waals surface area contributed by atoms with E-state index in [4.69, 9.17) is 11.6 Å². The van der Waals surface area contributed by atoms with Crippen molar-refractivity contribution in [3.8, 4) is 0 Å². The molecule has 3 N–H and O–H groups in total. The first-order valence-electron chi connectivity index (χ1n) is 3.71. The predicted molar refractivity (Wildman–Crippen MR) is 35.2 cm³/mol. The molecule has 1 aliphatic rings. The summed E-state index contributed by atoms with van der Waals surface area (Å²) >= 11 is 0. The molecule has 11 heavy (non-hydrogen) atoms. The minimum atomic E-state index is -1.13. The van der Waals surface area contributed by atoms with Crippen LogP contribution in [-0.2, 0) is 9.59 Å². The SMILES string of the molecule is [2H]N1C(C(=O)O)CCC1C(=O)O. The summed E-state index contributed by atoms with van der Waals surface area (Å²) in [7, 11) is 0. The van der Waals surface area contributed by atoms with Crippen molar-refractivity contribution < 1.29 is 21.2 Å². The van der Waals surface area contributed by atoms with Gasteiger partial charge in [-0.05, 0) is 12.8 Å². The predicted octanol–water partition coefficient (Wildman–Crippen LogP) is -0.724. The van der Waals surface area contributed by atoms with Crippen LogP contribution in [0.3, 0.4) is 0 Å². The highest BCUT2D eigenvalue weighted by atomic mass is 16.4. The van der Waals surface area contributed by atoms with Crippen LogP contribution >= 0.6 is 0 Å². The molecular weight excluding hydrogens is 150 g/mol. The average molecular weight is 160 g/mol. The van der Waals surface area contributed by atoms with Crippen molar-refractivity contribution in [1.82, 2.24) is 5.31 Å². The molecular formula is C6H9NO4.